The van der Waals surface area contributed by atoms with Gasteiger partial charge in [-0.1, -0.05) is 30.3 Å². The normalized spacial score (nSPS) is 10.3. The number of hydrogen-bond donors (Lipinski definition) is 0. The maximum Gasteiger partial charge on any atom is 0.163 e. The zero-order valence-corrected chi connectivity index (χ0v) is 9.70. The summed E-state index contributed by atoms with van der Waals surface area (Å²) in [7, 11) is 0. The highest BCUT2D eigenvalue weighted by molar-refractivity contribution is 5.96. The van der Waals surface area contributed by atoms with Crippen LogP contribution < -0.4 is 0 Å². The SMILES string of the molecule is O=C(CCc1ccccc1)c1ccc(F)c(F)c1. The van der Waals surface area contributed by atoms with Gasteiger partial charge >= 0.3 is 0 Å². The van der Waals surface area contributed by atoms with Crippen LogP contribution in [0.3, 0.4) is 0 Å². The molecule has 0 saturated heterocycles. The molecule has 0 N–H and O–H groups in total. The Balaban J connectivity index is 2.02. The number of aryl methyl sites for hydroxylation is 1. The van der Waals surface area contributed by atoms with Crippen molar-refractivity contribution in [1.29, 1.82) is 0 Å². The van der Waals surface area contributed by atoms with Crippen LogP contribution in [0.25, 0.3) is 0 Å². The standard InChI is InChI=1S/C15H12F2O/c16-13-8-7-12(10-14(13)17)15(18)9-6-11-4-2-1-3-5-11/h1-5,7-8,10H,6,9H2. The van der Waals surface area contributed by atoms with Crippen LogP contribution in [0, 0.1) is 11.6 Å². The molecule has 0 amide bonds. The van der Waals surface area contributed by atoms with Crippen molar-refractivity contribution in [3.05, 3.63) is 71.3 Å². The molecule has 92 valence electrons. The summed E-state index contributed by atoms with van der Waals surface area (Å²) < 4.78 is 25.7. The van der Waals surface area contributed by atoms with E-state index in [9.17, 15) is 13.6 Å². The Morgan fingerprint density at radius 2 is 1.67 bits per heavy atom. The van der Waals surface area contributed by atoms with E-state index in [1.807, 2.05) is 30.3 Å². The van der Waals surface area contributed by atoms with Crippen molar-refractivity contribution < 1.29 is 13.6 Å². The van der Waals surface area contributed by atoms with Crippen LogP contribution in [-0.4, -0.2) is 5.78 Å². The van der Waals surface area contributed by atoms with Gasteiger partial charge in [-0.25, -0.2) is 8.78 Å². The van der Waals surface area contributed by atoms with Crippen molar-refractivity contribution in [2.24, 2.45) is 0 Å². The summed E-state index contributed by atoms with van der Waals surface area (Å²) in [5, 5.41) is 0. The number of carbonyl (C=O) groups excluding carboxylic acids is 1. The van der Waals surface area contributed by atoms with Crippen molar-refractivity contribution >= 4 is 5.78 Å². The van der Waals surface area contributed by atoms with Crippen LogP contribution in [0.4, 0.5) is 8.78 Å². The fraction of sp³-hybridized carbons (Fsp3) is 0.133. The molecule has 0 bridgehead atoms. The number of halogens is 2. The van der Waals surface area contributed by atoms with Crippen LogP contribution in [-0.2, 0) is 6.42 Å². The van der Waals surface area contributed by atoms with E-state index < -0.39 is 11.6 Å². The molecule has 0 aliphatic rings. The van der Waals surface area contributed by atoms with Crippen molar-refractivity contribution in [3.8, 4) is 0 Å². The fourth-order valence-electron chi connectivity index (χ4n) is 1.72. The Bertz CT molecular complexity index is 550. The van der Waals surface area contributed by atoms with Crippen molar-refractivity contribution in [2.45, 2.75) is 12.8 Å². The first kappa shape index (κ1) is 12.4. The van der Waals surface area contributed by atoms with E-state index in [-0.39, 0.29) is 17.8 Å². The van der Waals surface area contributed by atoms with Gasteiger partial charge in [0.1, 0.15) is 0 Å². The van der Waals surface area contributed by atoms with E-state index in [0.29, 0.717) is 6.42 Å². The molecule has 0 fully saturated rings. The third-order valence-electron chi connectivity index (χ3n) is 2.73. The van der Waals surface area contributed by atoms with Crippen LogP contribution in [0.15, 0.2) is 48.5 Å². The predicted molar refractivity (Wildman–Crippen MR) is 65.5 cm³/mol. The minimum absolute atomic E-state index is 0.183. The molecular weight excluding hydrogens is 234 g/mol. The molecule has 18 heavy (non-hydrogen) atoms. The summed E-state index contributed by atoms with van der Waals surface area (Å²) in [6, 6.07) is 12.8. The second kappa shape index (κ2) is 5.54. The number of benzene rings is 2. The molecule has 3 heteroatoms. The minimum atomic E-state index is -0.986. The van der Waals surface area contributed by atoms with Gasteiger partial charge in [-0.05, 0) is 30.2 Å². The number of Topliss-reactive ketones (excluding diaryl/α,β-unsaturated/α-hetero) is 1. The molecule has 2 aromatic carbocycles. The summed E-state index contributed by atoms with van der Waals surface area (Å²) in [6.45, 7) is 0. The Hall–Kier alpha value is -2.03. The summed E-state index contributed by atoms with van der Waals surface area (Å²) >= 11 is 0. The molecule has 0 atom stereocenters. The highest BCUT2D eigenvalue weighted by atomic mass is 19.2. The summed E-state index contributed by atoms with van der Waals surface area (Å²) in [5.41, 5.74) is 1.26. The average Bonchev–Trinajstić information content (AvgIpc) is 2.40. The van der Waals surface area contributed by atoms with E-state index in [0.717, 1.165) is 17.7 Å². The van der Waals surface area contributed by atoms with Gasteiger partial charge in [0.15, 0.2) is 17.4 Å². The van der Waals surface area contributed by atoms with Crippen molar-refractivity contribution in [1.82, 2.24) is 0 Å². The van der Waals surface area contributed by atoms with Gasteiger partial charge in [0.25, 0.3) is 0 Å². The van der Waals surface area contributed by atoms with Crippen molar-refractivity contribution in [3.63, 3.8) is 0 Å². The van der Waals surface area contributed by atoms with Gasteiger partial charge in [0.2, 0.25) is 0 Å². The molecule has 0 spiro atoms. The zero-order chi connectivity index (χ0) is 13.0. The first-order valence-corrected chi connectivity index (χ1v) is 5.69. The van der Waals surface area contributed by atoms with Crippen LogP contribution in [0.2, 0.25) is 0 Å². The molecule has 0 aromatic heterocycles. The maximum atomic E-state index is 13.0. The second-order valence-corrected chi connectivity index (χ2v) is 4.04. The smallest absolute Gasteiger partial charge is 0.163 e. The van der Waals surface area contributed by atoms with Crippen molar-refractivity contribution in [2.75, 3.05) is 0 Å². The van der Waals surface area contributed by atoms with Crippen LogP contribution in [0.5, 0.6) is 0 Å². The molecule has 0 heterocycles. The molecule has 2 rings (SSSR count). The number of rotatable bonds is 4. The molecule has 0 unspecified atom stereocenters. The highest BCUT2D eigenvalue weighted by Crippen LogP contribution is 2.12. The van der Waals surface area contributed by atoms with E-state index in [1.54, 1.807) is 0 Å². The molecular formula is C15H12F2O. The Morgan fingerprint density at radius 3 is 2.33 bits per heavy atom. The topological polar surface area (TPSA) is 17.1 Å². The molecule has 2 aromatic rings. The molecule has 1 nitrogen and oxygen atoms in total. The summed E-state index contributed by atoms with van der Waals surface area (Å²) in [6.07, 6.45) is 0.883. The second-order valence-electron chi connectivity index (χ2n) is 4.04. The fourth-order valence-corrected chi connectivity index (χ4v) is 1.72. The van der Waals surface area contributed by atoms with Gasteiger partial charge in [0.05, 0.1) is 0 Å². The van der Waals surface area contributed by atoms with Crippen LogP contribution in [0.1, 0.15) is 22.3 Å². The lowest BCUT2D eigenvalue weighted by atomic mass is 10.0. The van der Waals surface area contributed by atoms with Gasteiger partial charge < -0.3 is 0 Å². The number of hydrogen-bond acceptors (Lipinski definition) is 1. The number of carbonyl (C=O) groups is 1. The highest BCUT2D eigenvalue weighted by Gasteiger charge is 2.09. The lowest BCUT2D eigenvalue weighted by Gasteiger charge is -2.02. The Kier molecular flexibility index (Phi) is 3.82. The predicted octanol–water partition coefficient (Wildman–Crippen LogP) is 3.78. The largest absolute Gasteiger partial charge is 0.294 e. The minimum Gasteiger partial charge on any atom is -0.294 e. The molecule has 0 aliphatic carbocycles. The Labute approximate surface area is 104 Å². The quantitative estimate of drug-likeness (QED) is 0.750. The monoisotopic (exact) mass is 246 g/mol. The molecule has 0 saturated carbocycles. The van der Waals surface area contributed by atoms with Gasteiger partial charge in [0, 0.05) is 12.0 Å². The average molecular weight is 246 g/mol. The summed E-state index contributed by atoms with van der Waals surface area (Å²) in [5.74, 6) is -2.10. The first-order chi connectivity index (χ1) is 8.66. The molecule has 0 radical (unpaired) electrons. The lowest BCUT2D eigenvalue weighted by molar-refractivity contribution is 0.0982. The van der Waals surface area contributed by atoms with E-state index in [1.165, 1.54) is 6.07 Å². The lowest BCUT2D eigenvalue weighted by Crippen LogP contribution is -2.02. The van der Waals surface area contributed by atoms with E-state index in [4.69, 9.17) is 0 Å². The number of ketones is 1. The zero-order valence-electron chi connectivity index (χ0n) is 9.70. The van der Waals surface area contributed by atoms with Crippen LogP contribution >= 0.6 is 0 Å². The third-order valence-corrected chi connectivity index (χ3v) is 2.73. The third kappa shape index (κ3) is 3.00. The van der Waals surface area contributed by atoms with E-state index in [2.05, 4.69) is 0 Å². The molecule has 0 aliphatic heterocycles. The summed E-state index contributed by atoms with van der Waals surface area (Å²) in [4.78, 5) is 11.8. The van der Waals surface area contributed by atoms with Gasteiger partial charge in [-0.15, -0.1) is 0 Å². The maximum absolute atomic E-state index is 13.0. The first-order valence-electron chi connectivity index (χ1n) is 5.69. The Morgan fingerprint density at radius 1 is 0.944 bits per heavy atom. The van der Waals surface area contributed by atoms with Gasteiger partial charge in [-0.2, -0.15) is 0 Å². The van der Waals surface area contributed by atoms with Gasteiger partial charge in [-0.3, -0.25) is 4.79 Å². The van der Waals surface area contributed by atoms with E-state index >= 15 is 0 Å².